The van der Waals surface area contributed by atoms with E-state index in [1.54, 1.807) is 24.3 Å². The molecular formula is C14H18F2OS. The van der Waals surface area contributed by atoms with Crippen LogP contribution in [0.4, 0.5) is 8.78 Å². The van der Waals surface area contributed by atoms with E-state index in [0.717, 1.165) is 25.3 Å². The summed E-state index contributed by atoms with van der Waals surface area (Å²) in [5.41, 5.74) is 0.767. The van der Waals surface area contributed by atoms with Gasteiger partial charge >= 0.3 is 0 Å². The molecule has 0 spiro atoms. The summed E-state index contributed by atoms with van der Waals surface area (Å²) in [6.07, 6.45) is 3.67. The van der Waals surface area contributed by atoms with Gasteiger partial charge in [0, 0.05) is 11.8 Å². The molecule has 1 atom stereocenters. The Labute approximate surface area is 111 Å². The maximum Gasteiger partial charge on any atom is 0.295 e. The lowest BCUT2D eigenvalue weighted by atomic mass is 10.0. The Kier molecular flexibility index (Phi) is 5.82. The summed E-state index contributed by atoms with van der Waals surface area (Å²) in [6, 6.07) is 6.64. The van der Waals surface area contributed by atoms with Gasteiger partial charge in [-0.1, -0.05) is 30.0 Å². The predicted molar refractivity (Wildman–Crippen MR) is 71.9 cm³/mol. The number of aliphatic hydroxyl groups excluding tert-OH is 1. The van der Waals surface area contributed by atoms with Crippen molar-refractivity contribution in [2.24, 2.45) is 0 Å². The van der Waals surface area contributed by atoms with Crippen molar-refractivity contribution in [3.8, 4) is 0 Å². The fourth-order valence-corrected chi connectivity index (χ4v) is 2.27. The molecule has 1 nitrogen and oxygen atoms in total. The molecule has 1 rings (SSSR count). The van der Waals surface area contributed by atoms with Crippen molar-refractivity contribution in [2.45, 2.75) is 42.4 Å². The average molecular weight is 272 g/mol. The second kappa shape index (κ2) is 6.90. The smallest absolute Gasteiger partial charge is 0.295 e. The fraction of sp³-hybridized carbons (Fsp3) is 0.429. The van der Waals surface area contributed by atoms with Crippen LogP contribution in [0.1, 0.15) is 37.9 Å². The van der Waals surface area contributed by atoms with Gasteiger partial charge in [0.05, 0.1) is 6.10 Å². The van der Waals surface area contributed by atoms with Gasteiger partial charge in [0.15, 0.2) is 0 Å². The van der Waals surface area contributed by atoms with Gasteiger partial charge in [0.25, 0.3) is 5.25 Å². The zero-order valence-electron chi connectivity index (χ0n) is 10.4. The molecule has 0 aromatic heterocycles. The minimum atomic E-state index is -2.77. The van der Waals surface area contributed by atoms with Crippen LogP contribution in [0.15, 0.2) is 41.8 Å². The largest absolute Gasteiger partial charge is 0.388 e. The molecule has 1 N–H and O–H groups in total. The van der Waals surface area contributed by atoms with E-state index in [4.69, 9.17) is 0 Å². The molecule has 0 fully saturated rings. The Hall–Kier alpha value is -0.870. The van der Waals surface area contributed by atoms with Crippen molar-refractivity contribution >= 4 is 11.8 Å². The van der Waals surface area contributed by atoms with Gasteiger partial charge < -0.3 is 5.11 Å². The summed E-state index contributed by atoms with van der Waals surface area (Å²) >= 11 is 0.514. The number of halogens is 2. The minimum absolute atomic E-state index is 0.504. The van der Waals surface area contributed by atoms with Crippen molar-refractivity contribution < 1.29 is 13.9 Å². The fourth-order valence-electron chi connectivity index (χ4n) is 1.59. The van der Waals surface area contributed by atoms with Gasteiger partial charge in [-0.15, -0.1) is 6.58 Å². The van der Waals surface area contributed by atoms with Crippen LogP contribution in [0.25, 0.3) is 0 Å². The molecule has 0 aliphatic rings. The second-order valence-electron chi connectivity index (χ2n) is 4.21. The van der Waals surface area contributed by atoms with Crippen LogP contribution in [0, 0.1) is 0 Å². The van der Waals surface area contributed by atoms with Crippen LogP contribution in [0.5, 0.6) is 0 Å². The summed E-state index contributed by atoms with van der Waals surface area (Å²) in [4.78, 5) is 0.504. The van der Waals surface area contributed by atoms with E-state index in [2.05, 4.69) is 6.58 Å². The molecule has 1 aromatic carbocycles. The highest BCUT2D eigenvalue weighted by molar-refractivity contribution is 8.00. The first-order valence-corrected chi connectivity index (χ1v) is 6.70. The third-order valence-electron chi connectivity index (χ3n) is 2.45. The molecule has 4 heteroatoms. The van der Waals surface area contributed by atoms with Crippen LogP contribution in [-0.4, -0.2) is 10.4 Å². The number of hydrogen-bond acceptors (Lipinski definition) is 2. The zero-order chi connectivity index (χ0) is 13.6. The van der Waals surface area contributed by atoms with Gasteiger partial charge in [0.1, 0.15) is 0 Å². The number of unbranched alkanes of at least 4 members (excludes halogenated alkanes) is 1. The Balaban J connectivity index is 2.56. The third kappa shape index (κ3) is 5.65. The van der Waals surface area contributed by atoms with E-state index in [1.807, 2.05) is 6.08 Å². The lowest BCUT2D eigenvalue weighted by Crippen LogP contribution is -2.02. The van der Waals surface area contributed by atoms with Crippen molar-refractivity contribution in [3.63, 3.8) is 0 Å². The van der Waals surface area contributed by atoms with E-state index >= 15 is 0 Å². The molecule has 0 amide bonds. The first-order chi connectivity index (χ1) is 8.42. The molecule has 0 bridgehead atoms. The van der Waals surface area contributed by atoms with Crippen LogP contribution in [0.3, 0.4) is 0 Å². The molecule has 18 heavy (non-hydrogen) atoms. The number of aliphatic hydroxyl groups is 1. The molecule has 1 unspecified atom stereocenters. The standard InChI is InChI=1S/C14H18F2OS/c1-3-4-5-6-13(17)11-7-9-12(10-8-11)18-14(2,15)16/h3,7-10,13,17H,1,4-6H2,2H3. The second-order valence-corrected chi connectivity index (χ2v) is 5.61. The lowest BCUT2D eigenvalue weighted by Gasteiger charge is -2.12. The van der Waals surface area contributed by atoms with Gasteiger partial charge in [-0.05, 0) is 37.0 Å². The average Bonchev–Trinajstić information content (AvgIpc) is 2.28. The lowest BCUT2D eigenvalue weighted by molar-refractivity contribution is 0.129. The number of allylic oxidation sites excluding steroid dienone is 1. The highest BCUT2D eigenvalue weighted by Crippen LogP contribution is 2.35. The van der Waals surface area contributed by atoms with Crippen molar-refractivity contribution in [3.05, 3.63) is 42.5 Å². The molecule has 0 aliphatic heterocycles. The Morgan fingerprint density at radius 1 is 1.39 bits per heavy atom. The molecule has 0 saturated heterocycles. The third-order valence-corrected chi connectivity index (χ3v) is 3.31. The van der Waals surface area contributed by atoms with Crippen LogP contribution >= 0.6 is 11.8 Å². The maximum atomic E-state index is 12.8. The Morgan fingerprint density at radius 3 is 2.50 bits per heavy atom. The summed E-state index contributed by atoms with van der Waals surface area (Å²) < 4.78 is 25.6. The molecule has 0 heterocycles. The first-order valence-electron chi connectivity index (χ1n) is 5.88. The van der Waals surface area contributed by atoms with Crippen molar-refractivity contribution in [2.75, 3.05) is 0 Å². The highest BCUT2D eigenvalue weighted by Gasteiger charge is 2.22. The highest BCUT2D eigenvalue weighted by atomic mass is 32.2. The van der Waals surface area contributed by atoms with Crippen molar-refractivity contribution in [1.29, 1.82) is 0 Å². The number of benzene rings is 1. The minimum Gasteiger partial charge on any atom is -0.388 e. The first kappa shape index (κ1) is 15.2. The van der Waals surface area contributed by atoms with Crippen LogP contribution in [-0.2, 0) is 0 Å². The molecule has 0 radical (unpaired) electrons. The van der Waals surface area contributed by atoms with Gasteiger partial charge in [-0.2, -0.15) is 8.78 Å². The molecule has 100 valence electrons. The number of hydrogen-bond donors (Lipinski definition) is 1. The summed E-state index contributed by atoms with van der Waals surface area (Å²) in [6.45, 7) is 4.49. The normalized spacial score (nSPS) is 13.3. The van der Waals surface area contributed by atoms with Crippen molar-refractivity contribution in [1.82, 2.24) is 0 Å². The summed E-state index contributed by atoms with van der Waals surface area (Å²) in [5.74, 6) is 0. The van der Waals surface area contributed by atoms with Crippen LogP contribution < -0.4 is 0 Å². The van der Waals surface area contributed by atoms with Gasteiger partial charge in [-0.25, -0.2) is 0 Å². The number of rotatable bonds is 7. The van der Waals surface area contributed by atoms with E-state index < -0.39 is 11.4 Å². The SMILES string of the molecule is C=CCCCC(O)c1ccc(SC(C)(F)F)cc1. The topological polar surface area (TPSA) is 20.2 Å². The maximum absolute atomic E-state index is 12.8. The zero-order valence-corrected chi connectivity index (χ0v) is 11.2. The number of thioether (sulfide) groups is 1. The monoisotopic (exact) mass is 272 g/mol. The Bertz CT molecular complexity index is 370. The van der Waals surface area contributed by atoms with E-state index in [1.165, 1.54) is 0 Å². The van der Waals surface area contributed by atoms with E-state index in [9.17, 15) is 13.9 Å². The summed E-state index contributed by atoms with van der Waals surface area (Å²) in [7, 11) is 0. The van der Waals surface area contributed by atoms with E-state index in [0.29, 0.717) is 23.1 Å². The quantitative estimate of drug-likeness (QED) is 0.438. The summed E-state index contributed by atoms with van der Waals surface area (Å²) in [5, 5.41) is 7.11. The molecule has 0 aliphatic carbocycles. The van der Waals surface area contributed by atoms with E-state index in [-0.39, 0.29) is 0 Å². The molecule has 0 saturated carbocycles. The van der Waals surface area contributed by atoms with Crippen LogP contribution in [0.2, 0.25) is 0 Å². The number of alkyl halides is 2. The van der Waals surface area contributed by atoms with Gasteiger partial charge in [-0.3, -0.25) is 0 Å². The Morgan fingerprint density at radius 2 is 2.00 bits per heavy atom. The molecule has 1 aromatic rings. The van der Waals surface area contributed by atoms with Gasteiger partial charge in [0.2, 0.25) is 0 Å². The predicted octanol–water partition coefficient (Wildman–Crippen LogP) is 4.78. The molecular weight excluding hydrogens is 254 g/mol.